The number of rotatable bonds is 5. The fourth-order valence-corrected chi connectivity index (χ4v) is 2.55. The molecule has 3 nitrogen and oxygen atoms in total. The molecule has 0 aromatic heterocycles. The first kappa shape index (κ1) is 20.3. The van der Waals surface area contributed by atoms with Crippen LogP contribution in [0.4, 0.5) is 0 Å². The first-order valence-electron chi connectivity index (χ1n) is 8.53. The lowest BCUT2D eigenvalue weighted by atomic mass is 9.78. The summed E-state index contributed by atoms with van der Waals surface area (Å²) in [4.78, 5) is 11.4. The van der Waals surface area contributed by atoms with Crippen LogP contribution in [0.3, 0.4) is 0 Å². The highest BCUT2D eigenvalue weighted by Gasteiger charge is 2.26. The Labute approximate surface area is 146 Å². The highest BCUT2D eigenvalue weighted by molar-refractivity contribution is 5.86. The van der Waals surface area contributed by atoms with Crippen LogP contribution < -0.4 is 0 Å². The van der Waals surface area contributed by atoms with Gasteiger partial charge in [0.2, 0.25) is 0 Å². The van der Waals surface area contributed by atoms with E-state index in [9.17, 15) is 9.90 Å². The van der Waals surface area contributed by atoms with Crippen molar-refractivity contribution in [3.8, 4) is 5.75 Å². The maximum atomic E-state index is 11.4. The fourth-order valence-electron chi connectivity index (χ4n) is 2.55. The van der Waals surface area contributed by atoms with Crippen molar-refractivity contribution in [2.45, 2.75) is 72.1 Å². The van der Waals surface area contributed by atoms with Gasteiger partial charge in [0.1, 0.15) is 5.75 Å². The second kappa shape index (κ2) is 7.42. The van der Waals surface area contributed by atoms with E-state index < -0.39 is 0 Å². The number of hydrogen-bond donors (Lipinski definition) is 1. The number of hydrogen-bond acceptors (Lipinski definition) is 3. The second-order valence-electron chi connectivity index (χ2n) is 8.56. The maximum absolute atomic E-state index is 11.4. The summed E-state index contributed by atoms with van der Waals surface area (Å²) >= 11 is 0. The lowest BCUT2D eigenvalue weighted by Crippen LogP contribution is -2.18. The summed E-state index contributed by atoms with van der Waals surface area (Å²) in [6, 6.07) is 4.15. The number of benzene rings is 1. The van der Waals surface area contributed by atoms with Crippen molar-refractivity contribution in [1.29, 1.82) is 0 Å². The quantitative estimate of drug-likeness (QED) is 0.467. The number of phenolic OH excluding ortho intramolecular Hbond substituents is 1. The molecule has 0 aliphatic heterocycles. The zero-order chi connectivity index (χ0) is 18.7. The largest absolute Gasteiger partial charge is 0.507 e. The molecule has 3 heteroatoms. The number of aromatic hydroxyl groups is 1. The molecule has 0 fully saturated rings. The van der Waals surface area contributed by atoms with Gasteiger partial charge in [-0.3, -0.25) is 0 Å². The minimum Gasteiger partial charge on any atom is -0.507 e. The monoisotopic (exact) mass is 332 g/mol. The van der Waals surface area contributed by atoms with E-state index in [1.165, 1.54) is 0 Å². The van der Waals surface area contributed by atoms with E-state index in [-0.39, 0.29) is 16.8 Å². The normalized spacial score (nSPS) is 12.1. The third kappa shape index (κ3) is 5.40. The van der Waals surface area contributed by atoms with Gasteiger partial charge in [-0.15, -0.1) is 0 Å². The molecule has 0 aliphatic carbocycles. The maximum Gasteiger partial charge on any atom is 0.333 e. The molecule has 1 rings (SSSR count). The number of esters is 1. The molecular formula is C21H32O3. The Morgan fingerprint density at radius 1 is 1.08 bits per heavy atom. The van der Waals surface area contributed by atoms with Crippen molar-refractivity contribution in [3.63, 3.8) is 0 Å². The highest BCUT2D eigenvalue weighted by Crippen LogP contribution is 2.39. The SMILES string of the molecule is C=C(C)C(=O)OCCCc1cc(C(C)(C)C)c(O)c(C(C)(C)C)c1. The van der Waals surface area contributed by atoms with Crippen LogP contribution in [0, 0.1) is 0 Å². The molecule has 24 heavy (non-hydrogen) atoms. The molecular weight excluding hydrogens is 300 g/mol. The van der Waals surface area contributed by atoms with Crippen LogP contribution in [0.15, 0.2) is 24.3 Å². The van der Waals surface area contributed by atoms with Crippen LogP contribution in [0.5, 0.6) is 5.75 Å². The molecule has 0 saturated carbocycles. The number of ether oxygens (including phenoxy) is 1. The average Bonchev–Trinajstić information content (AvgIpc) is 2.41. The molecule has 134 valence electrons. The average molecular weight is 332 g/mol. The Kier molecular flexibility index (Phi) is 6.26. The van der Waals surface area contributed by atoms with E-state index >= 15 is 0 Å². The smallest absolute Gasteiger partial charge is 0.333 e. The Hall–Kier alpha value is -1.77. The Balaban J connectivity index is 2.99. The van der Waals surface area contributed by atoms with Crippen molar-refractivity contribution in [2.75, 3.05) is 6.61 Å². The molecule has 0 amide bonds. The Morgan fingerprint density at radius 3 is 1.92 bits per heavy atom. The molecule has 0 spiro atoms. The molecule has 0 unspecified atom stereocenters. The van der Waals surface area contributed by atoms with Crippen molar-refractivity contribution < 1.29 is 14.6 Å². The standard InChI is InChI=1S/C21H32O3/c1-14(2)19(23)24-11-9-10-15-12-16(20(3,4)5)18(22)17(13-15)21(6,7)8/h12-13,22H,1,9-11H2,2-8H3. The zero-order valence-corrected chi connectivity index (χ0v) is 16.2. The first-order chi connectivity index (χ1) is 10.8. The first-order valence-corrected chi connectivity index (χ1v) is 8.53. The lowest BCUT2D eigenvalue weighted by Gasteiger charge is -2.28. The molecule has 0 radical (unpaired) electrons. The van der Waals surface area contributed by atoms with Crippen LogP contribution in [-0.2, 0) is 26.8 Å². The number of aryl methyl sites for hydroxylation is 1. The van der Waals surface area contributed by atoms with Gasteiger partial charge in [-0.1, -0.05) is 60.3 Å². The molecule has 1 aromatic carbocycles. The van der Waals surface area contributed by atoms with Crippen LogP contribution >= 0.6 is 0 Å². The van der Waals surface area contributed by atoms with Gasteiger partial charge in [-0.2, -0.15) is 0 Å². The topological polar surface area (TPSA) is 46.5 Å². The Morgan fingerprint density at radius 2 is 1.54 bits per heavy atom. The van der Waals surface area contributed by atoms with E-state index in [0.717, 1.165) is 29.5 Å². The van der Waals surface area contributed by atoms with Crippen molar-refractivity contribution >= 4 is 5.97 Å². The summed E-state index contributed by atoms with van der Waals surface area (Å²) in [7, 11) is 0. The lowest BCUT2D eigenvalue weighted by molar-refractivity contribution is -0.139. The molecule has 1 aromatic rings. The van der Waals surface area contributed by atoms with Crippen molar-refractivity contribution in [2.24, 2.45) is 0 Å². The number of carbonyl (C=O) groups excluding carboxylic acids is 1. The van der Waals surface area contributed by atoms with Crippen LogP contribution in [-0.4, -0.2) is 17.7 Å². The van der Waals surface area contributed by atoms with Gasteiger partial charge in [0.15, 0.2) is 0 Å². The van der Waals surface area contributed by atoms with Gasteiger partial charge in [0.25, 0.3) is 0 Å². The zero-order valence-electron chi connectivity index (χ0n) is 16.2. The molecule has 0 bridgehead atoms. The molecule has 0 aliphatic rings. The highest BCUT2D eigenvalue weighted by atomic mass is 16.5. The van der Waals surface area contributed by atoms with E-state index in [1.807, 2.05) is 0 Å². The fraction of sp³-hybridized carbons (Fsp3) is 0.571. The molecule has 0 atom stereocenters. The molecule has 0 saturated heterocycles. The Bertz CT molecular complexity index is 578. The van der Waals surface area contributed by atoms with Gasteiger partial charge < -0.3 is 9.84 Å². The van der Waals surface area contributed by atoms with Crippen molar-refractivity contribution in [1.82, 2.24) is 0 Å². The van der Waals surface area contributed by atoms with E-state index in [0.29, 0.717) is 17.9 Å². The third-order valence-corrected chi connectivity index (χ3v) is 3.98. The predicted molar refractivity (Wildman–Crippen MR) is 99.6 cm³/mol. The van der Waals surface area contributed by atoms with Crippen LogP contribution in [0.1, 0.15) is 71.6 Å². The molecule has 0 heterocycles. The third-order valence-electron chi connectivity index (χ3n) is 3.98. The van der Waals surface area contributed by atoms with E-state index in [1.54, 1.807) is 6.92 Å². The van der Waals surface area contributed by atoms with Gasteiger partial charge in [-0.25, -0.2) is 4.79 Å². The number of phenols is 1. The summed E-state index contributed by atoms with van der Waals surface area (Å²) in [5.74, 6) is 0.0546. The minimum absolute atomic E-state index is 0.132. The van der Waals surface area contributed by atoms with Gasteiger partial charge in [-0.05, 0) is 47.3 Å². The predicted octanol–water partition coefficient (Wildman–Crippen LogP) is 5.04. The summed E-state index contributed by atoms with van der Waals surface area (Å²) in [6.07, 6.45) is 1.55. The van der Waals surface area contributed by atoms with E-state index in [4.69, 9.17) is 4.74 Å². The van der Waals surface area contributed by atoms with Crippen LogP contribution in [0.25, 0.3) is 0 Å². The summed E-state index contributed by atoms with van der Waals surface area (Å²) in [6.45, 7) is 18.2. The van der Waals surface area contributed by atoms with Crippen molar-refractivity contribution in [3.05, 3.63) is 41.0 Å². The molecule has 1 N–H and O–H groups in total. The summed E-state index contributed by atoms with van der Waals surface area (Å²) in [5, 5.41) is 10.7. The van der Waals surface area contributed by atoms with Gasteiger partial charge in [0.05, 0.1) is 6.61 Å². The van der Waals surface area contributed by atoms with Gasteiger partial charge in [0, 0.05) is 5.57 Å². The van der Waals surface area contributed by atoms with Crippen LogP contribution in [0.2, 0.25) is 0 Å². The van der Waals surface area contributed by atoms with Gasteiger partial charge >= 0.3 is 5.97 Å². The minimum atomic E-state index is -0.341. The number of carbonyl (C=O) groups is 1. The summed E-state index contributed by atoms with van der Waals surface area (Å²) < 4.78 is 5.16. The second-order valence-corrected chi connectivity index (χ2v) is 8.56. The van der Waals surface area contributed by atoms with E-state index in [2.05, 4.69) is 60.3 Å². The summed E-state index contributed by atoms with van der Waals surface area (Å²) in [5.41, 5.74) is 3.24.